The maximum Gasteiger partial charge on any atom is 0.122 e. The topological polar surface area (TPSA) is 47.3 Å². The van der Waals surface area contributed by atoms with Crippen LogP contribution in [0.2, 0.25) is 0 Å². The number of nitrogens with one attached hydrogen (secondary N) is 1. The molecule has 1 aromatic rings. The molecule has 1 aliphatic rings. The van der Waals surface area contributed by atoms with Crippen LogP contribution in [-0.4, -0.2) is 20.2 Å². The average molecular weight is 234 g/mol. The highest BCUT2D eigenvalue weighted by Crippen LogP contribution is 2.31. The van der Waals surface area contributed by atoms with Gasteiger partial charge in [-0.1, -0.05) is 19.1 Å². The van der Waals surface area contributed by atoms with Crippen molar-refractivity contribution in [3.63, 3.8) is 0 Å². The zero-order chi connectivity index (χ0) is 12.3. The largest absolute Gasteiger partial charge is 0.493 e. The summed E-state index contributed by atoms with van der Waals surface area (Å²) < 4.78 is 5.53. The Bertz CT molecular complexity index is 378. The van der Waals surface area contributed by atoms with Gasteiger partial charge in [0.05, 0.1) is 6.61 Å². The van der Waals surface area contributed by atoms with Crippen molar-refractivity contribution in [2.45, 2.75) is 25.8 Å². The molecule has 2 rings (SSSR count). The van der Waals surface area contributed by atoms with Crippen LogP contribution >= 0.6 is 0 Å². The molecule has 1 aromatic carbocycles. The van der Waals surface area contributed by atoms with E-state index in [1.807, 2.05) is 7.05 Å². The highest BCUT2D eigenvalue weighted by molar-refractivity contribution is 5.40. The molecule has 0 aliphatic carbocycles. The van der Waals surface area contributed by atoms with Crippen molar-refractivity contribution in [2.75, 3.05) is 20.2 Å². The summed E-state index contributed by atoms with van der Waals surface area (Å²) in [5.74, 6) is 1.60. The lowest BCUT2D eigenvalue weighted by molar-refractivity contribution is 0.356. The highest BCUT2D eigenvalue weighted by Gasteiger charge is 2.19. The van der Waals surface area contributed by atoms with Crippen molar-refractivity contribution in [1.82, 2.24) is 5.32 Å². The van der Waals surface area contributed by atoms with Crippen LogP contribution < -0.4 is 15.8 Å². The molecule has 0 radical (unpaired) electrons. The average Bonchev–Trinajstić information content (AvgIpc) is 2.77. The van der Waals surface area contributed by atoms with Gasteiger partial charge in [0.15, 0.2) is 0 Å². The quantitative estimate of drug-likeness (QED) is 0.817. The first-order valence-corrected chi connectivity index (χ1v) is 6.39. The number of fused-ring (bicyclic) bond motifs is 1. The molecular formula is C14H22N2O. The smallest absolute Gasteiger partial charge is 0.122 e. The lowest BCUT2D eigenvalue weighted by Crippen LogP contribution is -2.25. The zero-order valence-corrected chi connectivity index (χ0v) is 10.7. The standard InChI is InChI=1S/C14H22N2O/c1-10(5-7-15)14(16-2)12-3-4-13-11(9-12)6-8-17-13/h3-4,9-10,14,16H,5-8,15H2,1-2H3. The Balaban J connectivity index is 2.19. The third kappa shape index (κ3) is 2.61. The maximum atomic E-state index is 5.64. The van der Waals surface area contributed by atoms with Gasteiger partial charge in [-0.25, -0.2) is 0 Å². The van der Waals surface area contributed by atoms with Gasteiger partial charge in [-0.2, -0.15) is 0 Å². The molecule has 0 saturated heterocycles. The minimum Gasteiger partial charge on any atom is -0.493 e. The van der Waals surface area contributed by atoms with E-state index in [4.69, 9.17) is 10.5 Å². The Morgan fingerprint density at radius 1 is 1.47 bits per heavy atom. The van der Waals surface area contributed by atoms with Crippen LogP contribution in [0.1, 0.15) is 30.5 Å². The molecule has 3 N–H and O–H groups in total. The fourth-order valence-electron chi connectivity index (χ4n) is 2.61. The number of rotatable bonds is 5. The van der Waals surface area contributed by atoms with Gasteiger partial charge in [-0.15, -0.1) is 0 Å². The molecule has 0 spiro atoms. The van der Waals surface area contributed by atoms with Gasteiger partial charge in [-0.05, 0) is 43.1 Å². The van der Waals surface area contributed by atoms with Gasteiger partial charge in [-0.3, -0.25) is 0 Å². The highest BCUT2D eigenvalue weighted by atomic mass is 16.5. The Hall–Kier alpha value is -1.06. The zero-order valence-electron chi connectivity index (χ0n) is 10.7. The normalized spacial score (nSPS) is 17.4. The molecule has 17 heavy (non-hydrogen) atoms. The van der Waals surface area contributed by atoms with Crippen molar-refractivity contribution in [1.29, 1.82) is 0 Å². The lowest BCUT2D eigenvalue weighted by atomic mass is 9.91. The molecule has 3 nitrogen and oxygen atoms in total. The molecule has 1 heterocycles. The molecule has 0 bridgehead atoms. The van der Waals surface area contributed by atoms with Crippen LogP contribution in [0.5, 0.6) is 5.75 Å². The van der Waals surface area contributed by atoms with Crippen LogP contribution in [0.15, 0.2) is 18.2 Å². The third-order valence-corrected chi connectivity index (χ3v) is 3.57. The molecule has 0 fully saturated rings. The predicted molar refractivity (Wildman–Crippen MR) is 70.3 cm³/mol. The lowest BCUT2D eigenvalue weighted by Gasteiger charge is -2.24. The molecule has 3 heteroatoms. The monoisotopic (exact) mass is 234 g/mol. The second-order valence-corrected chi connectivity index (χ2v) is 4.79. The van der Waals surface area contributed by atoms with Gasteiger partial charge < -0.3 is 15.8 Å². The summed E-state index contributed by atoms with van der Waals surface area (Å²) in [7, 11) is 2.02. The fraction of sp³-hybridized carbons (Fsp3) is 0.571. The first-order chi connectivity index (χ1) is 8.26. The van der Waals surface area contributed by atoms with Crippen LogP contribution in [0.25, 0.3) is 0 Å². The first kappa shape index (κ1) is 12.4. The molecule has 2 atom stereocenters. The Kier molecular flexibility index (Phi) is 4.02. The molecule has 0 amide bonds. The van der Waals surface area contributed by atoms with E-state index >= 15 is 0 Å². The molecule has 1 aliphatic heterocycles. The van der Waals surface area contributed by atoms with Crippen LogP contribution in [0.3, 0.4) is 0 Å². The number of nitrogens with two attached hydrogens (primary N) is 1. The second kappa shape index (κ2) is 5.52. The van der Waals surface area contributed by atoms with Crippen LogP contribution in [0, 0.1) is 5.92 Å². The molecular weight excluding hydrogens is 212 g/mol. The molecule has 0 aromatic heterocycles. The summed E-state index contributed by atoms with van der Waals surface area (Å²) in [6, 6.07) is 6.91. The van der Waals surface area contributed by atoms with E-state index in [0.717, 1.165) is 31.7 Å². The predicted octanol–water partition coefficient (Wildman–Crippen LogP) is 1.87. The Labute approximate surface area is 103 Å². The number of hydrogen-bond acceptors (Lipinski definition) is 3. The molecule has 0 saturated carbocycles. The number of ether oxygens (including phenoxy) is 1. The summed E-state index contributed by atoms with van der Waals surface area (Å²) >= 11 is 0. The fourth-order valence-corrected chi connectivity index (χ4v) is 2.61. The summed E-state index contributed by atoms with van der Waals surface area (Å²) in [6.07, 6.45) is 2.07. The number of hydrogen-bond donors (Lipinski definition) is 2. The molecule has 2 unspecified atom stereocenters. The maximum absolute atomic E-state index is 5.64. The molecule has 94 valence electrons. The van der Waals surface area contributed by atoms with E-state index < -0.39 is 0 Å². The third-order valence-electron chi connectivity index (χ3n) is 3.57. The van der Waals surface area contributed by atoms with E-state index in [9.17, 15) is 0 Å². The van der Waals surface area contributed by atoms with Crippen LogP contribution in [-0.2, 0) is 6.42 Å². The minimum atomic E-state index is 0.379. The Morgan fingerprint density at radius 2 is 2.29 bits per heavy atom. The van der Waals surface area contributed by atoms with Gasteiger partial charge in [0.25, 0.3) is 0 Å². The summed E-state index contributed by atoms with van der Waals surface area (Å²) in [5, 5.41) is 3.40. The van der Waals surface area contributed by atoms with Gasteiger partial charge in [0, 0.05) is 12.5 Å². The van der Waals surface area contributed by atoms with E-state index in [1.165, 1.54) is 11.1 Å². The van der Waals surface area contributed by atoms with E-state index in [0.29, 0.717) is 12.0 Å². The van der Waals surface area contributed by atoms with E-state index in [2.05, 4.69) is 30.4 Å². The summed E-state index contributed by atoms with van der Waals surface area (Å²) in [6.45, 7) is 3.81. The van der Waals surface area contributed by atoms with E-state index in [-0.39, 0.29) is 0 Å². The Morgan fingerprint density at radius 3 is 3.00 bits per heavy atom. The van der Waals surface area contributed by atoms with Crippen molar-refractivity contribution in [3.8, 4) is 5.75 Å². The van der Waals surface area contributed by atoms with Crippen molar-refractivity contribution in [3.05, 3.63) is 29.3 Å². The summed E-state index contributed by atoms with van der Waals surface area (Å²) in [5.41, 5.74) is 8.32. The van der Waals surface area contributed by atoms with Gasteiger partial charge >= 0.3 is 0 Å². The van der Waals surface area contributed by atoms with Gasteiger partial charge in [0.2, 0.25) is 0 Å². The van der Waals surface area contributed by atoms with Gasteiger partial charge in [0.1, 0.15) is 5.75 Å². The van der Waals surface area contributed by atoms with E-state index in [1.54, 1.807) is 0 Å². The first-order valence-electron chi connectivity index (χ1n) is 6.39. The minimum absolute atomic E-state index is 0.379. The summed E-state index contributed by atoms with van der Waals surface area (Å²) in [4.78, 5) is 0. The second-order valence-electron chi connectivity index (χ2n) is 4.79. The SMILES string of the molecule is CNC(c1ccc2c(c1)CCO2)C(C)CCN. The van der Waals surface area contributed by atoms with Crippen LogP contribution in [0.4, 0.5) is 0 Å². The van der Waals surface area contributed by atoms with Crippen molar-refractivity contribution >= 4 is 0 Å². The van der Waals surface area contributed by atoms with Crippen molar-refractivity contribution < 1.29 is 4.74 Å². The number of benzene rings is 1. The van der Waals surface area contributed by atoms with Crippen molar-refractivity contribution in [2.24, 2.45) is 11.7 Å².